The van der Waals surface area contributed by atoms with Crippen molar-refractivity contribution in [1.82, 2.24) is 0 Å². The first-order valence-corrected chi connectivity index (χ1v) is 9.01. The number of unbranched alkanes of at least 4 members (excludes halogenated alkanes) is 4. The van der Waals surface area contributed by atoms with Crippen LogP contribution in [0, 0.1) is 0 Å². The van der Waals surface area contributed by atoms with Crippen molar-refractivity contribution < 1.29 is 23.8 Å². The molecule has 0 aliphatic carbocycles. The van der Waals surface area contributed by atoms with Gasteiger partial charge in [-0.2, -0.15) is 0 Å². The Morgan fingerprint density at radius 3 is 2.38 bits per heavy atom. The van der Waals surface area contributed by atoms with E-state index >= 15 is 0 Å². The van der Waals surface area contributed by atoms with E-state index in [4.69, 9.17) is 14.2 Å². The molecule has 0 spiro atoms. The Labute approximate surface area is 154 Å². The Balaban J connectivity index is 1.55. The predicted molar refractivity (Wildman–Crippen MR) is 98.8 cm³/mol. The van der Waals surface area contributed by atoms with Crippen molar-refractivity contribution in [2.75, 3.05) is 13.2 Å². The molecule has 0 bridgehead atoms. The van der Waals surface area contributed by atoms with E-state index < -0.39 is 0 Å². The maximum atomic E-state index is 11.4. The molecule has 0 aromatic heterocycles. The molecule has 5 nitrogen and oxygen atoms in total. The molecule has 1 fully saturated rings. The zero-order valence-electron chi connectivity index (χ0n) is 15.1. The van der Waals surface area contributed by atoms with Crippen LogP contribution in [0.3, 0.4) is 0 Å². The maximum Gasteiger partial charge on any atom is 0.334 e. The van der Waals surface area contributed by atoms with Gasteiger partial charge in [0.2, 0.25) is 0 Å². The highest BCUT2D eigenvalue weighted by Crippen LogP contribution is 2.32. The summed E-state index contributed by atoms with van der Waals surface area (Å²) in [7, 11) is 0. The second-order valence-electron chi connectivity index (χ2n) is 6.26. The van der Waals surface area contributed by atoms with Crippen LogP contribution >= 0.6 is 0 Å². The molecule has 140 valence electrons. The van der Waals surface area contributed by atoms with Gasteiger partial charge >= 0.3 is 11.9 Å². The summed E-state index contributed by atoms with van der Waals surface area (Å²) in [6, 6.07) is 7.66. The fraction of sp³-hybridized carbons (Fsp3) is 0.429. The summed E-state index contributed by atoms with van der Waals surface area (Å²) in [4.78, 5) is 22.2. The van der Waals surface area contributed by atoms with Crippen LogP contribution in [0.1, 0.15) is 50.2 Å². The summed E-state index contributed by atoms with van der Waals surface area (Å²) in [6.45, 7) is 8.17. The second kappa shape index (κ2) is 10.4. The molecule has 1 saturated heterocycles. The predicted octanol–water partition coefficient (Wildman–Crippen LogP) is 4.29. The van der Waals surface area contributed by atoms with Gasteiger partial charge in [0.05, 0.1) is 13.2 Å². The topological polar surface area (TPSA) is 61.8 Å². The lowest BCUT2D eigenvalue weighted by Gasteiger charge is -2.11. The molecule has 5 heteroatoms. The molecule has 26 heavy (non-hydrogen) atoms. The fourth-order valence-electron chi connectivity index (χ4n) is 2.68. The number of carbonyl (C=O) groups excluding carboxylic acids is 2. The molecule has 0 amide bonds. The largest absolute Gasteiger partial charge is 0.494 e. The summed E-state index contributed by atoms with van der Waals surface area (Å²) >= 11 is 0. The second-order valence-corrected chi connectivity index (χ2v) is 6.26. The first-order valence-electron chi connectivity index (χ1n) is 9.01. The van der Waals surface area contributed by atoms with Crippen LogP contribution in [0.15, 0.2) is 49.1 Å². The average Bonchev–Trinajstić information content (AvgIpc) is 2.99. The Morgan fingerprint density at radius 1 is 1.12 bits per heavy atom. The third-order valence-electron chi connectivity index (χ3n) is 4.19. The fourth-order valence-corrected chi connectivity index (χ4v) is 2.68. The third-order valence-corrected chi connectivity index (χ3v) is 4.19. The van der Waals surface area contributed by atoms with Crippen LogP contribution < -0.4 is 4.74 Å². The summed E-state index contributed by atoms with van der Waals surface area (Å²) in [5, 5.41) is 0. The average molecular weight is 358 g/mol. The molecule has 1 atom stereocenters. The van der Waals surface area contributed by atoms with E-state index in [2.05, 4.69) is 13.2 Å². The van der Waals surface area contributed by atoms with E-state index in [9.17, 15) is 9.59 Å². The minimum Gasteiger partial charge on any atom is -0.494 e. The van der Waals surface area contributed by atoms with Crippen LogP contribution in [-0.4, -0.2) is 25.2 Å². The number of carbonyl (C=O) groups is 2. The molecule has 2 rings (SSSR count). The molecule has 0 N–H and O–H groups in total. The minimum absolute atomic E-state index is 0.227. The van der Waals surface area contributed by atoms with E-state index in [1.807, 2.05) is 24.3 Å². The number of hydrogen-bond donors (Lipinski definition) is 0. The van der Waals surface area contributed by atoms with E-state index in [1.165, 1.54) is 6.08 Å². The number of esters is 2. The van der Waals surface area contributed by atoms with Crippen LogP contribution in [0.4, 0.5) is 0 Å². The highest BCUT2D eigenvalue weighted by molar-refractivity contribution is 5.90. The van der Waals surface area contributed by atoms with Gasteiger partial charge in [0.15, 0.2) is 0 Å². The lowest BCUT2D eigenvalue weighted by Crippen LogP contribution is -2.02. The molecule has 1 heterocycles. The van der Waals surface area contributed by atoms with Crippen molar-refractivity contribution in [3.8, 4) is 5.75 Å². The molecule has 0 saturated carbocycles. The van der Waals surface area contributed by atoms with Crippen molar-refractivity contribution in [2.45, 2.75) is 44.6 Å². The highest BCUT2D eigenvalue weighted by Gasteiger charge is 2.28. The molecule has 1 aliphatic rings. The maximum absolute atomic E-state index is 11.4. The van der Waals surface area contributed by atoms with Gasteiger partial charge in [0, 0.05) is 18.1 Å². The lowest BCUT2D eigenvalue weighted by molar-refractivity contribution is -0.139. The quantitative estimate of drug-likeness (QED) is 0.335. The van der Waals surface area contributed by atoms with E-state index in [-0.39, 0.29) is 18.0 Å². The standard InChI is InChI=1S/C21H26O5/c1-3-20(22)25-14-8-6-4-5-7-13-24-18-11-9-17(10-12-18)19-15-16(2)21(23)26-19/h3,9-12,19H,1-2,4-8,13-15H2. The first-order chi connectivity index (χ1) is 12.6. The van der Waals surface area contributed by atoms with Gasteiger partial charge in [0.1, 0.15) is 11.9 Å². The molecule has 1 aliphatic heterocycles. The number of cyclic esters (lactones) is 1. The van der Waals surface area contributed by atoms with E-state index in [1.54, 1.807) is 0 Å². The van der Waals surface area contributed by atoms with Crippen molar-refractivity contribution >= 4 is 11.9 Å². The van der Waals surface area contributed by atoms with Gasteiger partial charge < -0.3 is 14.2 Å². The summed E-state index contributed by atoms with van der Waals surface area (Å²) in [6.07, 6.45) is 6.55. The first kappa shape index (κ1) is 19.8. The monoisotopic (exact) mass is 358 g/mol. The molecule has 1 aromatic rings. The van der Waals surface area contributed by atoms with Gasteiger partial charge in [-0.1, -0.05) is 44.6 Å². The van der Waals surface area contributed by atoms with Crippen molar-refractivity contribution in [2.24, 2.45) is 0 Å². The van der Waals surface area contributed by atoms with Crippen LogP contribution in [-0.2, 0) is 19.1 Å². The Kier molecular flexibility index (Phi) is 7.93. The Morgan fingerprint density at radius 2 is 1.77 bits per heavy atom. The summed E-state index contributed by atoms with van der Waals surface area (Å²) < 4.78 is 15.9. The van der Waals surface area contributed by atoms with Gasteiger partial charge in [-0.25, -0.2) is 9.59 Å². The van der Waals surface area contributed by atoms with Gasteiger partial charge in [-0.3, -0.25) is 0 Å². The molecular formula is C21H26O5. The molecule has 1 unspecified atom stereocenters. The van der Waals surface area contributed by atoms with Crippen LogP contribution in [0.2, 0.25) is 0 Å². The van der Waals surface area contributed by atoms with Gasteiger partial charge in [-0.05, 0) is 30.5 Å². The lowest BCUT2D eigenvalue weighted by atomic mass is 10.1. The van der Waals surface area contributed by atoms with Crippen molar-refractivity contribution in [1.29, 1.82) is 0 Å². The number of ether oxygens (including phenoxy) is 3. The molecular weight excluding hydrogens is 332 g/mol. The summed E-state index contributed by atoms with van der Waals surface area (Å²) in [5.41, 5.74) is 1.48. The number of benzene rings is 1. The zero-order valence-corrected chi connectivity index (χ0v) is 15.1. The molecule has 0 radical (unpaired) electrons. The third kappa shape index (κ3) is 6.39. The van der Waals surface area contributed by atoms with Crippen molar-refractivity contribution in [3.05, 3.63) is 54.6 Å². The van der Waals surface area contributed by atoms with Crippen molar-refractivity contribution in [3.63, 3.8) is 0 Å². The van der Waals surface area contributed by atoms with E-state index in [0.717, 1.165) is 43.4 Å². The molecule has 1 aromatic carbocycles. The van der Waals surface area contributed by atoms with Crippen LogP contribution in [0.25, 0.3) is 0 Å². The Hall–Kier alpha value is -2.56. The Bertz CT molecular complexity index is 616. The van der Waals surface area contributed by atoms with Gasteiger partial charge in [0.25, 0.3) is 0 Å². The minimum atomic E-state index is -0.361. The SMILES string of the molecule is C=CC(=O)OCCCCCCCOc1ccc(C2CC(=C)C(=O)O2)cc1. The highest BCUT2D eigenvalue weighted by atomic mass is 16.6. The van der Waals surface area contributed by atoms with Crippen LogP contribution in [0.5, 0.6) is 5.75 Å². The smallest absolute Gasteiger partial charge is 0.334 e. The normalized spacial score (nSPS) is 16.2. The van der Waals surface area contributed by atoms with Gasteiger partial charge in [-0.15, -0.1) is 0 Å². The number of hydrogen-bond acceptors (Lipinski definition) is 5. The zero-order chi connectivity index (χ0) is 18.8. The van der Waals surface area contributed by atoms with E-state index in [0.29, 0.717) is 25.2 Å². The summed E-state index contributed by atoms with van der Waals surface area (Å²) in [5.74, 6) is 0.142. The number of rotatable bonds is 11.